The number of nitrogens with zero attached hydrogens (tertiary/aromatic N) is 5. The SMILES string of the molecule is Cc1nc(CC(c2ccccc2)c2ccnc3c(-c4ccc(Cl)cc4)cnn23)no1. The van der Waals surface area contributed by atoms with E-state index in [1.807, 2.05) is 65.4 Å². The minimum Gasteiger partial charge on any atom is -0.340 e. The van der Waals surface area contributed by atoms with E-state index in [1.54, 1.807) is 6.92 Å². The lowest BCUT2D eigenvalue weighted by molar-refractivity contribution is 0.386. The number of hydrogen-bond donors (Lipinski definition) is 0. The fraction of sp³-hybridized carbons (Fsp3) is 0.130. The van der Waals surface area contributed by atoms with Crippen LogP contribution in [0.3, 0.4) is 0 Å². The molecule has 5 rings (SSSR count). The lowest BCUT2D eigenvalue weighted by Gasteiger charge is -2.17. The molecule has 1 atom stereocenters. The Labute approximate surface area is 178 Å². The molecule has 30 heavy (non-hydrogen) atoms. The quantitative estimate of drug-likeness (QED) is 0.398. The van der Waals surface area contributed by atoms with Crippen LogP contribution in [0.1, 0.15) is 28.9 Å². The molecule has 0 amide bonds. The van der Waals surface area contributed by atoms with E-state index in [2.05, 4.69) is 32.4 Å². The van der Waals surface area contributed by atoms with Gasteiger partial charge in [-0.1, -0.05) is 59.2 Å². The maximum Gasteiger partial charge on any atom is 0.223 e. The Morgan fingerprint density at radius 2 is 1.83 bits per heavy atom. The molecular weight excluding hydrogens is 398 g/mol. The summed E-state index contributed by atoms with van der Waals surface area (Å²) < 4.78 is 7.09. The Hall–Kier alpha value is -3.51. The third-order valence-electron chi connectivity index (χ3n) is 5.10. The molecule has 0 saturated carbocycles. The van der Waals surface area contributed by atoms with Crippen molar-refractivity contribution < 1.29 is 4.52 Å². The predicted molar refractivity (Wildman–Crippen MR) is 114 cm³/mol. The Balaban J connectivity index is 1.64. The molecule has 0 N–H and O–H groups in total. The summed E-state index contributed by atoms with van der Waals surface area (Å²) in [5.41, 5.74) is 4.92. The van der Waals surface area contributed by atoms with E-state index in [0.29, 0.717) is 23.2 Å². The maximum absolute atomic E-state index is 6.05. The number of aryl methyl sites for hydroxylation is 1. The summed E-state index contributed by atoms with van der Waals surface area (Å²) in [5.74, 6) is 1.21. The molecular formula is C23H18ClN5O. The van der Waals surface area contributed by atoms with Gasteiger partial charge in [0.2, 0.25) is 5.89 Å². The van der Waals surface area contributed by atoms with Crippen molar-refractivity contribution in [3.8, 4) is 11.1 Å². The Bertz CT molecular complexity index is 1290. The highest BCUT2D eigenvalue weighted by Crippen LogP contribution is 2.31. The molecule has 0 aliphatic carbocycles. The van der Waals surface area contributed by atoms with Crippen LogP contribution in [-0.4, -0.2) is 24.7 Å². The summed E-state index contributed by atoms with van der Waals surface area (Å²) in [6, 6.07) is 20.0. The van der Waals surface area contributed by atoms with Crippen molar-refractivity contribution in [1.82, 2.24) is 24.7 Å². The molecule has 3 heterocycles. The number of rotatable bonds is 5. The van der Waals surface area contributed by atoms with Crippen LogP contribution in [0.25, 0.3) is 16.8 Å². The molecule has 7 heteroatoms. The highest BCUT2D eigenvalue weighted by molar-refractivity contribution is 6.30. The van der Waals surface area contributed by atoms with Crippen molar-refractivity contribution in [3.05, 3.63) is 101 Å². The van der Waals surface area contributed by atoms with Crippen LogP contribution in [0.2, 0.25) is 5.02 Å². The van der Waals surface area contributed by atoms with Crippen LogP contribution < -0.4 is 0 Å². The lowest BCUT2D eigenvalue weighted by atomic mass is 9.92. The number of aromatic nitrogens is 5. The first kappa shape index (κ1) is 18.5. The monoisotopic (exact) mass is 415 g/mol. The standard InChI is InChI=1S/C23H18ClN5O/c1-15-27-22(28-30-15)13-19(16-5-3-2-4-6-16)21-11-12-25-23-20(14-26-29(21)23)17-7-9-18(24)10-8-17/h2-12,14,19H,13H2,1H3. The van der Waals surface area contributed by atoms with E-state index < -0.39 is 0 Å². The van der Waals surface area contributed by atoms with Crippen LogP contribution >= 0.6 is 11.6 Å². The van der Waals surface area contributed by atoms with Gasteiger partial charge in [-0.15, -0.1) is 0 Å². The van der Waals surface area contributed by atoms with Gasteiger partial charge < -0.3 is 4.52 Å². The van der Waals surface area contributed by atoms with E-state index in [0.717, 1.165) is 28.0 Å². The van der Waals surface area contributed by atoms with Gasteiger partial charge in [-0.05, 0) is 29.3 Å². The summed E-state index contributed by atoms with van der Waals surface area (Å²) in [7, 11) is 0. The molecule has 1 unspecified atom stereocenters. The molecule has 5 aromatic rings. The number of fused-ring (bicyclic) bond motifs is 1. The topological polar surface area (TPSA) is 69.1 Å². The van der Waals surface area contributed by atoms with Crippen LogP contribution in [0, 0.1) is 6.92 Å². The van der Waals surface area contributed by atoms with E-state index in [1.165, 1.54) is 0 Å². The molecule has 3 aromatic heterocycles. The van der Waals surface area contributed by atoms with Crippen molar-refractivity contribution in [2.45, 2.75) is 19.3 Å². The molecule has 6 nitrogen and oxygen atoms in total. The highest BCUT2D eigenvalue weighted by atomic mass is 35.5. The molecule has 0 fully saturated rings. The Morgan fingerprint density at radius 1 is 1.03 bits per heavy atom. The molecule has 148 valence electrons. The second-order valence-corrected chi connectivity index (χ2v) is 7.50. The second kappa shape index (κ2) is 7.72. The van der Waals surface area contributed by atoms with E-state index in [4.69, 9.17) is 16.1 Å². The third kappa shape index (κ3) is 3.46. The zero-order chi connectivity index (χ0) is 20.5. The van der Waals surface area contributed by atoms with Gasteiger partial charge in [-0.3, -0.25) is 0 Å². The normalized spacial score (nSPS) is 12.3. The van der Waals surface area contributed by atoms with Crippen LogP contribution in [0.15, 0.2) is 77.6 Å². The van der Waals surface area contributed by atoms with Crippen molar-refractivity contribution in [1.29, 1.82) is 0 Å². The molecule has 0 radical (unpaired) electrons. The minimum absolute atomic E-state index is 0.00771. The zero-order valence-electron chi connectivity index (χ0n) is 16.2. The molecule has 2 aromatic carbocycles. The molecule has 0 saturated heterocycles. The van der Waals surface area contributed by atoms with Crippen molar-refractivity contribution in [3.63, 3.8) is 0 Å². The Morgan fingerprint density at radius 3 is 2.57 bits per heavy atom. The molecule has 0 spiro atoms. The fourth-order valence-corrected chi connectivity index (χ4v) is 3.82. The maximum atomic E-state index is 6.05. The smallest absolute Gasteiger partial charge is 0.223 e. The van der Waals surface area contributed by atoms with Gasteiger partial charge in [0.1, 0.15) is 0 Å². The van der Waals surface area contributed by atoms with Gasteiger partial charge in [-0.25, -0.2) is 9.50 Å². The lowest BCUT2D eigenvalue weighted by Crippen LogP contribution is -2.12. The number of hydrogen-bond acceptors (Lipinski definition) is 5. The average molecular weight is 416 g/mol. The minimum atomic E-state index is -0.00771. The summed E-state index contributed by atoms with van der Waals surface area (Å²) in [6.45, 7) is 1.80. The van der Waals surface area contributed by atoms with Crippen LogP contribution in [-0.2, 0) is 6.42 Å². The van der Waals surface area contributed by atoms with Gasteiger partial charge >= 0.3 is 0 Å². The van der Waals surface area contributed by atoms with E-state index >= 15 is 0 Å². The van der Waals surface area contributed by atoms with Crippen molar-refractivity contribution in [2.75, 3.05) is 0 Å². The summed E-state index contributed by atoms with van der Waals surface area (Å²) in [4.78, 5) is 9.01. The zero-order valence-corrected chi connectivity index (χ0v) is 17.0. The molecule has 0 aliphatic heterocycles. The number of halogens is 1. The molecule has 0 bridgehead atoms. The van der Waals surface area contributed by atoms with E-state index in [9.17, 15) is 0 Å². The largest absolute Gasteiger partial charge is 0.340 e. The fourth-order valence-electron chi connectivity index (χ4n) is 3.69. The molecule has 0 aliphatic rings. The van der Waals surface area contributed by atoms with Crippen LogP contribution in [0.4, 0.5) is 0 Å². The summed E-state index contributed by atoms with van der Waals surface area (Å²) >= 11 is 6.05. The van der Waals surface area contributed by atoms with Gasteiger partial charge in [0.25, 0.3) is 0 Å². The van der Waals surface area contributed by atoms with Gasteiger partial charge in [0.05, 0.1) is 11.9 Å². The Kier molecular flexibility index (Phi) is 4.77. The van der Waals surface area contributed by atoms with Gasteiger partial charge in [-0.2, -0.15) is 10.1 Å². The van der Waals surface area contributed by atoms with Gasteiger partial charge in [0, 0.05) is 36.0 Å². The second-order valence-electron chi connectivity index (χ2n) is 7.07. The van der Waals surface area contributed by atoms with Crippen LogP contribution in [0.5, 0.6) is 0 Å². The first-order chi connectivity index (χ1) is 14.7. The summed E-state index contributed by atoms with van der Waals surface area (Å²) in [5, 5.41) is 9.47. The predicted octanol–water partition coefficient (Wildman–Crippen LogP) is 5.12. The first-order valence-electron chi connectivity index (χ1n) is 9.62. The van der Waals surface area contributed by atoms with E-state index in [-0.39, 0.29) is 5.92 Å². The average Bonchev–Trinajstić information content (AvgIpc) is 3.39. The first-order valence-corrected chi connectivity index (χ1v) is 9.99. The number of benzene rings is 2. The third-order valence-corrected chi connectivity index (χ3v) is 5.35. The summed E-state index contributed by atoms with van der Waals surface area (Å²) in [6.07, 6.45) is 4.26. The van der Waals surface area contributed by atoms with Crippen molar-refractivity contribution in [2.24, 2.45) is 0 Å². The van der Waals surface area contributed by atoms with Crippen molar-refractivity contribution >= 4 is 17.2 Å². The highest BCUT2D eigenvalue weighted by Gasteiger charge is 2.22. The van der Waals surface area contributed by atoms with Gasteiger partial charge in [0.15, 0.2) is 11.5 Å².